The van der Waals surface area contributed by atoms with Crippen LogP contribution in [0.15, 0.2) is 12.7 Å². The molecule has 4 fully saturated rings. The molecule has 5 heteroatoms. The maximum atomic E-state index is 11.7. The SMILES string of the molecule is O=C(O)C(C1C2CC3CC(C2)CC1C3)n1cnnc1. The van der Waals surface area contributed by atoms with Crippen molar-refractivity contribution >= 4 is 5.97 Å². The van der Waals surface area contributed by atoms with Gasteiger partial charge in [-0.15, -0.1) is 10.2 Å². The van der Waals surface area contributed by atoms with Crippen molar-refractivity contribution in [1.29, 1.82) is 0 Å². The molecule has 0 saturated heterocycles. The van der Waals surface area contributed by atoms with E-state index in [0.29, 0.717) is 11.8 Å². The van der Waals surface area contributed by atoms with Gasteiger partial charge in [0, 0.05) is 0 Å². The zero-order chi connectivity index (χ0) is 13.0. The second kappa shape index (κ2) is 4.05. The zero-order valence-corrected chi connectivity index (χ0v) is 10.9. The van der Waals surface area contributed by atoms with Gasteiger partial charge in [0.25, 0.3) is 0 Å². The summed E-state index contributed by atoms with van der Waals surface area (Å²) in [6.07, 6.45) is 9.47. The van der Waals surface area contributed by atoms with Gasteiger partial charge in [-0.3, -0.25) is 0 Å². The third kappa shape index (κ3) is 1.70. The Hall–Kier alpha value is -1.39. The van der Waals surface area contributed by atoms with Gasteiger partial charge < -0.3 is 9.67 Å². The number of aliphatic carboxylic acids is 1. The van der Waals surface area contributed by atoms with Gasteiger partial charge in [-0.2, -0.15) is 0 Å². The molecule has 5 rings (SSSR count). The molecule has 4 saturated carbocycles. The monoisotopic (exact) mass is 261 g/mol. The maximum absolute atomic E-state index is 11.7. The van der Waals surface area contributed by atoms with Gasteiger partial charge in [0.15, 0.2) is 0 Å². The summed E-state index contributed by atoms with van der Waals surface area (Å²) < 4.78 is 1.70. The highest BCUT2D eigenvalue weighted by Crippen LogP contribution is 2.59. The van der Waals surface area contributed by atoms with Gasteiger partial charge in [0.2, 0.25) is 0 Å². The molecule has 19 heavy (non-hydrogen) atoms. The predicted molar refractivity (Wildman–Crippen MR) is 67.2 cm³/mol. The van der Waals surface area contributed by atoms with Gasteiger partial charge in [0.05, 0.1) is 0 Å². The van der Waals surface area contributed by atoms with Crippen LogP contribution in [0.2, 0.25) is 0 Å². The highest BCUT2D eigenvalue weighted by molar-refractivity contribution is 5.72. The van der Waals surface area contributed by atoms with Crippen LogP contribution in [-0.2, 0) is 4.79 Å². The lowest BCUT2D eigenvalue weighted by Crippen LogP contribution is -2.49. The first-order valence-electron chi connectivity index (χ1n) is 7.29. The van der Waals surface area contributed by atoms with Crippen LogP contribution in [0.3, 0.4) is 0 Å². The number of carboxylic acids is 1. The van der Waals surface area contributed by atoms with E-state index in [2.05, 4.69) is 10.2 Å². The van der Waals surface area contributed by atoms with Crippen molar-refractivity contribution in [2.75, 3.05) is 0 Å². The molecule has 0 radical (unpaired) electrons. The fraction of sp³-hybridized carbons (Fsp3) is 0.786. The van der Waals surface area contributed by atoms with E-state index >= 15 is 0 Å². The Morgan fingerprint density at radius 2 is 1.58 bits per heavy atom. The quantitative estimate of drug-likeness (QED) is 0.903. The molecule has 1 unspecified atom stereocenters. The number of carbonyl (C=O) groups is 1. The molecule has 102 valence electrons. The van der Waals surface area contributed by atoms with Crippen LogP contribution in [0.1, 0.15) is 38.1 Å². The molecule has 1 N–H and O–H groups in total. The summed E-state index contributed by atoms with van der Waals surface area (Å²) in [6.45, 7) is 0. The third-order valence-electron chi connectivity index (χ3n) is 5.68. The van der Waals surface area contributed by atoms with Crippen LogP contribution < -0.4 is 0 Å². The lowest BCUT2D eigenvalue weighted by molar-refractivity contribution is -0.149. The van der Waals surface area contributed by atoms with E-state index in [1.807, 2.05) is 0 Å². The van der Waals surface area contributed by atoms with Gasteiger partial charge in [-0.25, -0.2) is 4.79 Å². The second-order valence-corrected chi connectivity index (χ2v) is 6.70. The minimum absolute atomic E-state index is 0.279. The molecule has 1 aromatic heterocycles. The molecule has 4 bridgehead atoms. The van der Waals surface area contributed by atoms with E-state index in [9.17, 15) is 9.90 Å². The summed E-state index contributed by atoms with van der Waals surface area (Å²) in [7, 11) is 0. The van der Waals surface area contributed by atoms with Crippen LogP contribution >= 0.6 is 0 Å². The Morgan fingerprint density at radius 1 is 1.05 bits per heavy atom. The standard InChI is InChI=1S/C14H19N3O2/c18-14(19)13(17-6-15-16-7-17)12-10-2-8-1-9(4-10)5-11(12)3-8/h6-13H,1-5H2,(H,18,19). The molecule has 1 aromatic rings. The van der Waals surface area contributed by atoms with Crippen molar-refractivity contribution in [1.82, 2.24) is 14.8 Å². The van der Waals surface area contributed by atoms with E-state index in [-0.39, 0.29) is 5.92 Å². The van der Waals surface area contributed by atoms with Gasteiger partial charge in [-0.05, 0) is 61.7 Å². The molecule has 4 aliphatic carbocycles. The van der Waals surface area contributed by atoms with Crippen LogP contribution in [0.4, 0.5) is 0 Å². The van der Waals surface area contributed by atoms with E-state index < -0.39 is 12.0 Å². The Kier molecular flexibility index (Phi) is 2.44. The fourth-order valence-electron chi connectivity index (χ4n) is 5.33. The minimum Gasteiger partial charge on any atom is -0.480 e. The Bertz CT molecular complexity index is 457. The summed E-state index contributed by atoms with van der Waals surface area (Å²) in [5.41, 5.74) is 0. The molecular formula is C14H19N3O2. The Morgan fingerprint density at radius 3 is 2.05 bits per heavy atom. The van der Waals surface area contributed by atoms with Crippen molar-refractivity contribution in [2.45, 2.75) is 38.1 Å². The summed E-state index contributed by atoms with van der Waals surface area (Å²) in [5.74, 6) is 2.49. The third-order valence-corrected chi connectivity index (χ3v) is 5.68. The largest absolute Gasteiger partial charge is 0.480 e. The van der Waals surface area contributed by atoms with Crippen molar-refractivity contribution in [3.63, 3.8) is 0 Å². The highest BCUT2D eigenvalue weighted by Gasteiger charge is 2.52. The van der Waals surface area contributed by atoms with E-state index in [1.54, 1.807) is 17.2 Å². The van der Waals surface area contributed by atoms with Gasteiger partial charge in [0.1, 0.15) is 18.7 Å². The van der Waals surface area contributed by atoms with Gasteiger partial charge >= 0.3 is 5.97 Å². The Labute approximate surface area is 112 Å². The first kappa shape index (κ1) is 11.4. The summed E-state index contributed by atoms with van der Waals surface area (Å²) in [4.78, 5) is 11.7. The topological polar surface area (TPSA) is 68.0 Å². The number of carboxylic acid groups (broad SMARTS) is 1. The normalized spacial score (nSPS) is 41.4. The first-order chi connectivity index (χ1) is 9.22. The van der Waals surface area contributed by atoms with Crippen molar-refractivity contribution in [2.24, 2.45) is 29.6 Å². The smallest absolute Gasteiger partial charge is 0.327 e. The number of nitrogens with zero attached hydrogens (tertiary/aromatic N) is 3. The lowest BCUT2D eigenvalue weighted by Gasteiger charge is -2.55. The molecule has 0 amide bonds. The molecular weight excluding hydrogens is 242 g/mol. The molecule has 1 heterocycles. The highest BCUT2D eigenvalue weighted by atomic mass is 16.4. The lowest BCUT2D eigenvalue weighted by atomic mass is 9.50. The molecule has 0 aliphatic heterocycles. The maximum Gasteiger partial charge on any atom is 0.327 e. The summed E-state index contributed by atoms with van der Waals surface area (Å²) in [6, 6.07) is -0.468. The summed E-state index contributed by atoms with van der Waals surface area (Å²) >= 11 is 0. The number of hydrogen-bond acceptors (Lipinski definition) is 3. The summed E-state index contributed by atoms with van der Waals surface area (Å²) in [5, 5.41) is 17.2. The predicted octanol–water partition coefficient (Wildman–Crippen LogP) is 1.98. The van der Waals surface area contributed by atoms with E-state index in [1.165, 1.54) is 32.1 Å². The number of hydrogen-bond donors (Lipinski definition) is 1. The van der Waals surface area contributed by atoms with E-state index in [4.69, 9.17) is 0 Å². The molecule has 5 nitrogen and oxygen atoms in total. The van der Waals surface area contributed by atoms with Crippen molar-refractivity contribution in [3.8, 4) is 0 Å². The minimum atomic E-state index is -0.725. The van der Waals surface area contributed by atoms with Crippen LogP contribution in [-0.4, -0.2) is 25.8 Å². The second-order valence-electron chi connectivity index (χ2n) is 6.70. The van der Waals surface area contributed by atoms with E-state index in [0.717, 1.165) is 11.8 Å². The molecule has 0 spiro atoms. The van der Waals surface area contributed by atoms with Crippen LogP contribution in [0.5, 0.6) is 0 Å². The molecule has 4 aliphatic rings. The number of rotatable bonds is 3. The molecule has 1 atom stereocenters. The zero-order valence-electron chi connectivity index (χ0n) is 10.9. The average molecular weight is 261 g/mol. The van der Waals surface area contributed by atoms with Crippen molar-refractivity contribution < 1.29 is 9.90 Å². The van der Waals surface area contributed by atoms with Crippen molar-refractivity contribution in [3.05, 3.63) is 12.7 Å². The van der Waals surface area contributed by atoms with Crippen LogP contribution in [0.25, 0.3) is 0 Å². The number of aromatic nitrogens is 3. The van der Waals surface area contributed by atoms with Crippen LogP contribution in [0, 0.1) is 29.6 Å². The first-order valence-corrected chi connectivity index (χ1v) is 7.29. The Balaban J connectivity index is 1.68. The average Bonchev–Trinajstić information content (AvgIpc) is 2.85. The van der Waals surface area contributed by atoms with Gasteiger partial charge in [-0.1, -0.05) is 0 Å². The fourth-order valence-corrected chi connectivity index (χ4v) is 5.33. The molecule has 0 aromatic carbocycles.